The summed E-state index contributed by atoms with van der Waals surface area (Å²) in [5, 5.41) is 3.09. The Balaban J connectivity index is 1.65. The minimum Gasteiger partial charge on any atom is -0.385 e. The SMILES string of the molecule is COCCCCCNC(=O)N1CCC[C@H]2CCC[C@@H]21. The van der Waals surface area contributed by atoms with Crippen LogP contribution in [0.5, 0.6) is 0 Å². The topological polar surface area (TPSA) is 41.6 Å². The molecule has 0 aromatic carbocycles. The highest BCUT2D eigenvalue weighted by atomic mass is 16.5. The molecule has 1 aliphatic heterocycles. The van der Waals surface area contributed by atoms with Crippen LogP contribution in [0.15, 0.2) is 0 Å². The molecule has 2 atom stereocenters. The predicted octanol–water partition coefficient (Wildman–Crippen LogP) is 2.78. The molecule has 2 rings (SSSR count). The smallest absolute Gasteiger partial charge is 0.317 e. The molecule has 0 radical (unpaired) electrons. The van der Waals surface area contributed by atoms with Gasteiger partial charge in [0.15, 0.2) is 0 Å². The monoisotopic (exact) mass is 268 g/mol. The minimum absolute atomic E-state index is 0.170. The molecule has 4 heteroatoms. The zero-order valence-corrected chi connectivity index (χ0v) is 12.2. The number of ether oxygens (including phenoxy) is 1. The van der Waals surface area contributed by atoms with Gasteiger partial charge in [-0.3, -0.25) is 0 Å². The van der Waals surface area contributed by atoms with E-state index < -0.39 is 0 Å². The molecule has 2 amide bonds. The summed E-state index contributed by atoms with van der Waals surface area (Å²) >= 11 is 0. The quantitative estimate of drug-likeness (QED) is 0.753. The Morgan fingerprint density at radius 1 is 1.21 bits per heavy atom. The van der Waals surface area contributed by atoms with E-state index in [2.05, 4.69) is 10.2 Å². The number of piperidine rings is 1. The number of amides is 2. The molecule has 0 aromatic heterocycles. The fourth-order valence-electron chi connectivity index (χ4n) is 3.55. The van der Waals surface area contributed by atoms with E-state index in [1.165, 1.54) is 32.1 Å². The molecular formula is C15H28N2O2. The summed E-state index contributed by atoms with van der Waals surface area (Å²) in [7, 11) is 1.73. The molecule has 2 fully saturated rings. The van der Waals surface area contributed by atoms with Gasteiger partial charge in [-0.05, 0) is 50.9 Å². The number of hydrogen-bond donors (Lipinski definition) is 1. The number of rotatable bonds is 6. The summed E-state index contributed by atoms with van der Waals surface area (Å²) in [6.07, 6.45) is 9.61. The first kappa shape index (κ1) is 14.6. The minimum atomic E-state index is 0.170. The molecule has 0 aromatic rings. The fourth-order valence-corrected chi connectivity index (χ4v) is 3.55. The molecule has 1 saturated heterocycles. The van der Waals surface area contributed by atoms with Crippen molar-refractivity contribution in [2.24, 2.45) is 5.92 Å². The summed E-state index contributed by atoms with van der Waals surface area (Å²) in [4.78, 5) is 14.3. The highest BCUT2D eigenvalue weighted by Gasteiger charge is 2.37. The number of carbonyl (C=O) groups excluding carboxylic acids is 1. The van der Waals surface area contributed by atoms with Gasteiger partial charge in [0.2, 0.25) is 0 Å². The number of unbranched alkanes of at least 4 members (excludes halogenated alkanes) is 2. The first-order chi connectivity index (χ1) is 9.33. The number of fused-ring (bicyclic) bond motifs is 1. The second kappa shape index (κ2) is 7.73. The summed E-state index contributed by atoms with van der Waals surface area (Å²) < 4.78 is 5.02. The average Bonchev–Trinajstić information content (AvgIpc) is 2.90. The van der Waals surface area contributed by atoms with Gasteiger partial charge in [-0.25, -0.2) is 4.79 Å². The van der Waals surface area contributed by atoms with Gasteiger partial charge in [-0.1, -0.05) is 6.42 Å². The van der Waals surface area contributed by atoms with Crippen molar-refractivity contribution in [2.45, 2.75) is 57.4 Å². The van der Waals surface area contributed by atoms with Gasteiger partial charge in [0.05, 0.1) is 0 Å². The van der Waals surface area contributed by atoms with E-state index in [1.807, 2.05) is 0 Å². The van der Waals surface area contributed by atoms with E-state index in [9.17, 15) is 4.79 Å². The van der Waals surface area contributed by atoms with E-state index in [4.69, 9.17) is 4.74 Å². The second-order valence-electron chi connectivity index (χ2n) is 5.88. The molecular weight excluding hydrogens is 240 g/mol. The van der Waals surface area contributed by atoms with Gasteiger partial charge >= 0.3 is 6.03 Å². The van der Waals surface area contributed by atoms with Crippen LogP contribution < -0.4 is 5.32 Å². The number of nitrogens with one attached hydrogen (secondary N) is 1. The predicted molar refractivity (Wildman–Crippen MR) is 76.2 cm³/mol. The molecule has 1 aliphatic carbocycles. The Morgan fingerprint density at radius 2 is 2.05 bits per heavy atom. The van der Waals surface area contributed by atoms with Crippen LogP contribution in [-0.2, 0) is 4.74 Å². The van der Waals surface area contributed by atoms with Gasteiger partial charge in [-0.15, -0.1) is 0 Å². The molecule has 2 aliphatic rings. The van der Waals surface area contributed by atoms with Crippen LogP contribution in [0.2, 0.25) is 0 Å². The number of nitrogens with zero attached hydrogens (tertiary/aromatic N) is 1. The molecule has 0 bridgehead atoms. The lowest BCUT2D eigenvalue weighted by molar-refractivity contribution is 0.128. The van der Waals surface area contributed by atoms with Crippen LogP contribution in [0.4, 0.5) is 4.79 Å². The number of carbonyl (C=O) groups is 1. The number of urea groups is 1. The molecule has 1 N–H and O–H groups in total. The van der Waals surface area contributed by atoms with E-state index in [0.29, 0.717) is 6.04 Å². The Labute approximate surface area is 116 Å². The third kappa shape index (κ3) is 4.10. The van der Waals surface area contributed by atoms with Crippen LogP contribution in [0.1, 0.15) is 51.4 Å². The van der Waals surface area contributed by atoms with Gasteiger partial charge in [0, 0.05) is 32.8 Å². The summed E-state index contributed by atoms with van der Waals surface area (Å²) in [5.41, 5.74) is 0. The van der Waals surface area contributed by atoms with Crippen LogP contribution in [0, 0.1) is 5.92 Å². The molecule has 1 saturated carbocycles. The van der Waals surface area contributed by atoms with Crippen molar-refractivity contribution in [2.75, 3.05) is 26.8 Å². The van der Waals surface area contributed by atoms with Crippen molar-refractivity contribution in [1.29, 1.82) is 0 Å². The number of likely N-dealkylation sites (tertiary alicyclic amines) is 1. The van der Waals surface area contributed by atoms with E-state index >= 15 is 0 Å². The lowest BCUT2D eigenvalue weighted by atomic mass is 9.92. The Morgan fingerprint density at radius 3 is 2.89 bits per heavy atom. The van der Waals surface area contributed by atoms with Crippen LogP contribution in [0.3, 0.4) is 0 Å². The summed E-state index contributed by atoms with van der Waals surface area (Å²) in [6, 6.07) is 0.700. The Hall–Kier alpha value is -0.770. The van der Waals surface area contributed by atoms with E-state index in [0.717, 1.165) is 44.9 Å². The Kier molecular flexibility index (Phi) is 5.95. The van der Waals surface area contributed by atoms with Crippen molar-refractivity contribution in [3.63, 3.8) is 0 Å². The van der Waals surface area contributed by atoms with Crippen molar-refractivity contribution >= 4 is 6.03 Å². The lowest BCUT2D eigenvalue weighted by Crippen LogP contribution is -2.50. The molecule has 110 valence electrons. The normalized spacial score (nSPS) is 26.3. The van der Waals surface area contributed by atoms with Gasteiger partial charge < -0.3 is 15.0 Å². The highest BCUT2D eigenvalue weighted by molar-refractivity contribution is 5.74. The maximum Gasteiger partial charge on any atom is 0.317 e. The molecule has 19 heavy (non-hydrogen) atoms. The lowest BCUT2D eigenvalue weighted by Gasteiger charge is -2.37. The van der Waals surface area contributed by atoms with Crippen LogP contribution in [0.25, 0.3) is 0 Å². The first-order valence-corrected chi connectivity index (χ1v) is 7.86. The zero-order chi connectivity index (χ0) is 13.5. The summed E-state index contributed by atoms with van der Waals surface area (Å²) in [6.45, 7) is 2.58. The van der Waals surface area contributed by atoms with Crippen LogP contribution in [-0.4, -0.2) is 43.8 Å². The van der Waals surface area contributed by atoms with Crippen molar-refractivity contribution in [1.82, 2.24) is 10.2 Å². The van der Waals surface area contributed by atoms with Gasteiger partial charge in [0.1, 0.15) is 0 Å². The van der Waals surface area contributed by atoms with Crippen molar-refractivity contribution in [3.8, 4) is 0 Å². The van der Waals surface area contributed by atoms with Gasteiger partial charge in [0.25, 0.3) is 0 Å². The maximum atomic E-state index is 12.2. The van der Waals surface area contributed by atoms with Crippen LogP contribution >= 0.6 is 0 Å². The highest BCUT2D eigenvalue weighted by Crippen LogP contribution is 2.36. The Bertz CT molecular complexity index is 283. The zero-order valence-electron chi connectivity index (χ0n) is 12.2. The number of methoxy groups -OCH3 is 1. The maximum absolute atomic E-state index is 12.2. The molecule has 4 nitrogen and oxygen atoms in total. The third-order valence-corrected chi connectivity index (χ3v) is 4.56. The largest absolute Gasteiger partial charge is 0.385 e. The molecule has 0 unspecified atom stereocenters. The van der Waals surface area contributed by atoms with E-state index in [1.54, 1.807) is 7.11 Å². The van der Waals surface area contributed by atoms with Gasteiger partial charge in [-0.2, -0.15) is 0 Å². The van der Waals surface area contributed by atoms with Crippen molar-refractivity contribution < 1.29 is 9.53 Å². The third-order valence-electron chi connectivity index (χ3n) is 4.56. The summed E-state index contributed by atoms with van der Waals surface area (Å²) in [5.74, 6) is 0.779. The first-order valence-electron chi connectivity index (χ1n) is 7.86. The number of hydrogen-bond acceptors (Lipinski definition) is 2. The second-order valence-corrected chi connectivity index (χ2v) is 5.88. The van der Waals surface area contributed by atoms with Crippen molar-refractivity contribution in [3.05, 3.63) is 0 Å². The van der Waals surface area contributed by atoms with E-state index in [-0.39, 0.29) is 6.03 Å². The molecule has 0 spiro atoms. The fraction of sp³-hybridized carbons (Fsp3) is 0.933. The standard InChI is InChI=1S/C15H28N2O2/c1-19-12-4-2-3-10-16-15(18)17-11-6-8-13-7-5-9-14(13)17/h13-14H,2-12H2,1H3,(H,16,18)/t13-,14+/m1/s1. The average molecular weight is 268 g/mol. The molecule has 1 heterocycles.